The topological polar surface area (TPSA) is 83.9 Å². The summed E-state index contributed by atoms with van der Waals surface area (Å²) in [5.74, 6) is -0.517. The lowest BCUT2D eigenvalue weighted by Gasteiger charge is -2.42. The Morgan fingerprint density at radius 2 is 1.91 bits per heavy atom. The summed E-state index contributed by atoms with van der Waals surface area (Å²) < 4.78 is 46.0. The molecule has 8 heteroatoms. The maximum atomic E-state index is 14.1. The van der Waals surface area contributed by atoms with Gasteiger partial charge in [-0.05, 0) is 81.0 Å². The minimum absolute atomic E-state index is 0.0222. The Labute approximate surface area is 187 Å². The van der Waals surface area contributed by atoms with Crippen LogP contribution in [0.5, 0.6) is 0 Å². The molecular weight excluding hydrogens is 433 g/mol. The van der Waals surface area contributed by atoms with E-state index in [4.69, 9.17) is 4.74 Å². The van der Waals surface area contributed by atoms with Gasteiger partial charge in [0, 0.05) is 6.54 Å². The molecule has 1 fully saturated rings. The second kappa shape index (κ2) is 7.85. The zero-order valence-electron chi connectivity index (χ0n) is 18.5. The third-order valence-corrected chi connectivity index (χ3v) is 8.91. The molecule has 172 valence electrons. The third-order valence-electron chi connectivity index (χ3n) is 6.37. The summed E-state index contributed by atoms with van der Waals surface area (Å²) in [5.41, 5.74) is 1.49. The van der Waals surface area contributed by atoms with Gasteiger partial charge in [-0.3, -0.25) is 0 Å². The molecule has 0 saturated carbocycles. The van der Waals surface area contributed by atoms with Crippen molar-refractivity contribution in [3.63, 3.8) is 0 Å². The van der Waals surface area contributed by atoms with E-state index in [-0.39, 0.29) is 24.5 Å². The van der Waals surface area contributed by atoms with Crippen LogP contribution in [0.15, 0.2) is 47.4 Å². The standard InChI is InChI=1S/C24H28FNO5S/c1-23(2,3)31-22(28)26-13-12-24(32(29,30)19-8-6-18(25)7-9-19)20-10-4-16(15-27)14-17(20)5-11-21(24)26/h4,6-10,14,21,27H,5,11-13,15H2,1-3H3. The first-order chi connectivity index (χ1) is 15.0. The molecule has 0 aromatic heterocycles. The molecule has 2 aliphatic rings. The highest BCUT2D eigenvalue weighted by Crippen LogP contribution is 2.53. The molecule has 2 aromatic rings. The highest BCUT2D eigenvalue weighted by molar-refractivity contribution is 7.92. The van der Waals surface area contributed by atoms with Crippen molar-refractivity contribution in [1.29, 1.82) is 0 Å². The van der Waals surface area contributed by atoms with E-state index in [2.05, 4.69) is 0 Å². The Kier molecular flexibility index (Phi) is 5.57. The summed E-state index contributed by atoms with van der Waals surface area (Å²) in [5, 5.41) is 9.55. The Balaban J connectivity index is 1.88. The maximum Gasteiger partial charge on any atom is 0.410 e. The van der Waals surface area contributed by atoms with Gasteiger partial charge in [0.15, 0.2) is 9.84 Å². The fourth-order valence-electron chi connectivity index (χ4n) is 5.04. The fraction of sp³-hybridized carbons (Fsp3) is 0.458. The van der Waals surface area contributed by atoms with E-state index in [1.165, 1.54) is 17.0 Å². The van der Waals surface area contributed by atoms with Crippen molar-refractivity contribution < 1.29 is 27.4 Å². The van der Waals surface area contributed by atoms with Crippen LogP contribution in [0.25, 0.3) is 0 Å². The van der Waals surface area contributed by atoms with Gasteiger partial charge in [-0.25, -0.2) is 17.6 Å². The number of benzene rings is 2. The van der Waals surface area contributed by atoms with Crippen LogP contribution in [-0.4, -0.2) is 42.7 Å². The van der Waals surface area contributed by atoms with Crippen molar-refractivity contribution >= 4 is 15.9 Å². The lowest BCUT2D eigenvalue weighted by atomic mass is 9.78. The predicted octanol–water partition coefficient (Wildman–Crippen LogP) is 3.94. The number of fused-ring (bicyclic) bond motifs is 3. The van der Waals surface area contributed by atoms with Crippen molar-refractivity contribution in [1.82, 2.24) is 4.90 Å². The van der Waals surface area contributed by atoms with E-state index >= 15 is 0 Å². The molecule has 2 aromatic carbocycles. The van der Waals surface area contributed by atoms with Crippen molar-refractivity contribution in [2.24, 2.45) is 0 Å². The summed E-state index contributed by atoms with van der Waals surface area (Å²) in [7, 11) is -4.00. The summed E-state index contributed by atoms with van der Waals surface area (Å²) in [4.78, 5) is 14.6. The van der Waals surface area contributed by atoms with Gasteiger partial charge in [0.25, 0.3) is 0 Å². The fourth-order valence-corrected chi connectivity index (χ4v) is 7.41. The minimum atomic E-state index is -4.00. The van der Waals surface area contributed by atoms with E-state index in [1.54, 1.807) is 32.9 Å². The number of halogens is 1. The highest BCUT2D eigenvalue weighted by atomic mass is 32.2. The van der Waals surface area contributed by atoms with E-state index in [0.29, 0.717) is 24.0 Å². The van der Waals surface area contributed by atoms with Crippen molar-refractivity contribution in [2.45, 2.75) is 67.9 Å². The number of nitrogens with zero attached hydrogens (tertiary/aromatic N) is 1. The molecule has 4 rings (SSSR count). The molecule has 2 atom stereocenters. The van der Waals surface area contributed by atoms with Gasteiger partial charge >= 0.3 is 6.09 Å². The molecule has 2 unspecified atom stereocenters. The van der Waals surface area contributed by atoms with Gasteiger partial charge < -0.3 is 14.7 Å². The molecule has 32 heavy (non-hydrogen) atoms. The van der Waals surface area contributed by atoms with Crippen molar-refractivity contribution in [3.8, 4) is 0 Å². The van der Waals surface area contributed by atoms with Crippen LogP contribution in [-0.2, 0) is 32.3 Å². The number of rotatable bonds is 3. The van der Waals surface area contributed by atoms with Crippen LogP contribution in [0.2, 0.25) is 0 Å². The molecule has 6 nitrogen and oxygen atoms in total. The summed E-state index contributed by atoms with van der Waals surface area (Å²) in [6, 6.07) is 9.54. The summed E-state index contributed by atoms with van der Waals surface area (Å²) in [6.07, 6.45) is 0.700. The van der Waals surface area contributed by atoms with Crippen LogP contribution in [0.4, 0.5) is 9.18 Å². The lowest BCUT2D eigenvalue weighted by Crippen LogP contribution is -2.52. The van der Waals surface area contributed by atoms with E-state index in [0.717, 1.165) is 17.7 Å². The Hall–Kier alpha value is -2.45. The van der Waals surface area contributed by atoms with E-state index in [1.807, 2.05) is 6.07 Å². The molecule has 1 saturated heterocycles. The number of likely N-dealkylation sites (tertiary alicyclic amines) is 1. The second-order valence-corrected chi connectivity index (χ2v) is 11.7. The molecule has 1 heterocycles. The van der Waals surface area contributed by atoms with Gasteiger partial charge in [-0.15, -0.1) is 0 Å². The average Bonchev–Trinajstić information content (AvgIpc) is 3.14. The maximum absolute atomic E-state index is 14.1. The van der Waals surface area contributed by atoms with Crippen LogP contribution in [0, 0.1) is 5.82 Å². The molecule has 0 bridgehead atoms. The molecular formula is C24H28FNO5S. The normalized spacial score (nSPS) is 22.9. The Morgan fingerprint density at radius 1 is 1.22 bits per heavy atom. The van der Waals surface area contributed by atoms with Gasteiger partial charge in [0.1, 0.15) is 16.2 Å². The van der Waals surface area contributed by atoms with Crippen molar-refractivity contribution in [2.75, 3.05) is 6.54 Å². The second-order valence-electron chi connectivity index (χ2n) is 9.47. The first-order valence-electron chi connectivity index (χ1n) is 10.7. The predicted molar refractivity (Wildman–Crippen MR) is 117 cm³/mol. The SMILES string of the molecule is CC(C)(C)OC(=O)N1CCC2(S(=O)(=O)c3ccc(F)cc3)c3ccc(CO)cc3CCC12. The quantitative estimate of drug-likeness (QED) is 0.700. The van der Waals surface area contributed by atoms with Gasteiger partial charge in [-0.2, -0.15) is 0 Å². The highest BCUT2D eigenvalue weighted by Gasteiger charge is 2.61. The zero-order valence-corrected chi connectivity index (χ0v) is 19.3. The number of aryl methyl sites for hydroxylation is 1. The molecule has 1 amide bonds. The van der Waals surface area contributed by atoms with E-state index in [9.17, 15) is 22.7 Å². The largest absolute Gasteiger partial charge is 0.444 e. The number of carbonyl (C=O) groups is 1. The number of aliphatic hydroxyl groups excluding tert-OH is 1. The van der Waals surface area contributed by atoms with Crippen LogP contribution in [0.1, 0.15) is 50.3 Å². The molecule has 0 spiro atoms. The summed E-state index contributed by atoms with van der Waals surface area (Å²) in [6.45, 7) is 5.42. The third kappa shape index (κ3) is 3.59. The first kappa shape index (κ1) is 22.7. The first-order valence-corrected chi connectivity index (χ1v) is 12.2. The number of carbonyl (C=O) groups excluding carboxylic acids is 1. The lowest BCUT2D eigenvalue weighted by molar-refractivity contribution is 0.0202. The number of sulfone groups is 1. The Morgan fingerprint density at radius 3 is 2.53 bits per heavy atom. The van der Waals surface area contributed by atoms with Gasteiger partial charge in [-0.1, -0.05) is 18.2 Å². The summed E-state index contributed by atoms with van der Waals surface area (Å²) >= 11 is 0. The molecule has 1 aliphatic carbocycles. The van der Waals surface area contributed by atoms with Crippen molar-refractivity contribution in [3.05, 3.63) is 65.0 Å². The Bertz CT molecular complexity index is 1140. The molecule has 1 N–H and O–H groups in total. The van der Waals surface area contributed by atoms with Crippen LogP contribution < -0.4 is 0 Å². The molecule has 1 aliphatic heterocycles. The number of hydrogen-bond acceptors (Lipinski definition) is 5. The molecule has 0 radical (unpaired) electrons. The van der Waals surface area contributed by atoms with Crippen LogP contribution in [0.3, 0.4) is 0 Å². The average molecular weight is 462 g/mol. The number of amides is 1. The zero-order chi connectivity index (χ0) is 23.3. The number of aliphatic hydroxyl groups is 1. The monoisotopic (exact) mass is 461 g/mol. The minimum Gasteiger partial charge on any atom is -0.444 e. The van der Waals surface area contributed by atoms with Gasteiger partial charge in [0.2, 0.25) is 0 Å². The number of ether oxygens (including phenoxy) is 1. The number of hydrogen-bond donors (Lipinski definition) is 1. The van der Waals surface area contributed by atoms with E-state index < -0.39 is 38.1 Å². The van der Waals surface area contributed by atoms with Gasteiger partial charge in [0.05, 0.1) is 17.5 Å². The smallest absolute Gasteiger partial charge is 0.410 e. The van der Waals surface area contributed by atoms with Crippen LogP contribution >= 0.6 is 0 Å².